The Morgan fingerprint density at radius 1 is 1.12 bits per heavy atom. The Balaban J connectivity index is 1.50. The fraction of sp³-hybridized carbons (Fsp3) is 0.0556. The van der Waals surface area contributed by atoms with Crippen LogP contribution < -0.4 is 5.32 Å². The second-order valence-electron chi connectivity index (χ2n) is 5.43. The summed E-state index contributed by atoms with van der Waals surface area (Å²) >= 11 is 0. The SMILES string of the molecule is O=C(Nc1cc(-c2ccco2)on1)c1cn[nH]c1Cc1ccccc1. The minimum Gasteiger partial charge on any atom is -0.461 e. The van der Waals surface area contributed by atoms with Crippen LogP contribution in [0.5, 0.6) is 0 Å². The van der Waals surface area contributed by atoms with Crippen molar-refractivity contribution in [1.82, 2.24) is 15.4 Å². The molecule has 0 unspecified atom stereocenters. The first kappa shape index (κ1) is 14.9. The Labute approximate surface area is 142 Å². The minimum atomic E-state index is -0.307. The van der Waals surface area contributed by atoms with Crippen molar-refractivity contribution in [2.75, 3.05) is 5.32 Å². The highest BCUT2D eigenvalue weighted by molar-refractivity contribution is 6.04. The lowest BCUT2D eigenvalue weighted by Crippen LogP contribution is -2.13. The average molecular weight is 334 g/mol. The van der Waals surface area contributed by atoms with Gasteiger partial charge in [-0.05, 0) is 17.7 Å². The van der Waals surface area contributed by atoms with E-state index in [0.717, 1.165) is 11.3 Å². The van der Waals surface area contributed by atoms with E-state index in [-0.39, 0.29) is 5.91 Å². The van der Waals surface area contributed by atoms with Gasteiger partial charge in [-0.15, -0.1) is 0 Å². The minimum absolute atomic E-state index is 0.307. The van der Waals surface area contributed by atoms with Gasteiger partial charge < -0.3 is 14.3 Å². The zero-order chi connectivity index (χ0) is 17.1. The van der Waals surface area contributed by atoms with Gasteiger partial charge in [0.2, 0.25) is 5.76 Å². The molecule has 25 heavy (non-hydrogen) atoms. The largest absolute Gasteiger partial charge is 0.461 e. The van der Waals surface area contributed by atoms with Crippen molar-refractivity contribution in [2.24, 2.45) is 0 Å². The van der Waals surface area contributed by atoms with Crippen LogP contribution in [0, 0.1) is 0 Å². The molecule has 124 valence electrons. The van der Waals surface area contributed by atoms with E-state index in [1.54, 1.807) is 18.2 Å². The number of hydrogen-bond acceptors (Lipinski definition) is 5. The molecule has 2 N–H and O–H groups in total. The lowest BCUT2D eigenvalue weighted by Gasteiger charge is -2.03. The molecule has 0 bridgehead atoms. The molecular weight excluding hydrogens is 320 g/mol. The molecule has 7 heteroatoms. The Morgan fingerprint density at radius 2 is 2.00 bits per heavy atom. The number of rotatable bonds is 5. The smallest absolute Gasteiger partial charge is 0.260 e. The molecule has 0 radical (unpaired) electrons. The number of anilines is 1. The van der Waals surface area contributed by atoms with Gasteiger partial charge in [-0.1, -0.05) is 35.5 Å². The third-order valence-electron chi connectivity index (χ3n) is 3.70. The van der Waals surface area contributed by atoms with Crippen LogP contribution in [0.1, 0.15) is 21.6 Å². The van der Waals surface area contributed by atoms with E-state index in [1.165, 1.54) is 12.5 Å². The third-order valence-corrected chi connectivity index (χ3v) is 3.70. The average Bonchev–Trinajstić information content (AvgIpc) is 3.37. The summed E-state index contributed by atoms with van der Waals surface area (Å²) < 4.78 is 10.4. The fourth-order valence-electron chi connectivity index (χ4n) is 2.50. The lowest BCUT2D eigenvalue weighted by molar-refractivity contribution is 0.102. The number of aromatic amines is 1. The Morgan fingerprint density at radius 3 is 2.80 bits per heavy atom. The molecule has 0 saturated heterocycles. The molecule has 1 aromatic carbocycles. The highest BCUT2D eigenvalue weighted by atomic mass is 16.5. The van der Waals surface area contributed by atoms with Crippen LogP contribution >= 0.6 is 0 Å². The molecule has 3 heterocycles. The molecule has 3 aromatic heterocycles. The molecule has 0 aliphatic rings. The van der Waals surface area contributed by atoms with Gasteiger partial charge in [0.15, 0.2) is 11.6 Å². The number of furan rings is 1. The first-order valence-corrected chi connectivity index (χ1v) is 7.68. The summed E-state index contributed by atoms with van der Waals surface area (Å²) in [6.07, 6.45) is 3.62. The molecule has 0 fully saturated rings. The van der Waals surface area contributed by atoms with Crippen LogP contribution in [0.4, 0.5) is 5.82 Å². The van der Waals surface area contributed by atoms with Crippen LogP contribution in [0.3, 0.4) is 0 Å². The number of carbonyl (C=O) groups excluding carboxylic acids is 1. The first-order valence-electron chi connectivity index (χ1n) is 7.68. The van der Waals surface area contributed by atoms with Crippen LogP contribution in [-0.2, 0) is 6.42 Å². The number of H-pyrrole nitrogens is 1. The van der Waals surface area contributed by atoms with Gasteiger partial charge in [-0.25, -0.2) is 0 Å². The van der Waals surface area contributed by atoms with Crippen molar-refractivity contribution in [3.05, 3.63) is 77.8 Å². The van der Waals surface area contributed by atoms with Gasteiger partial charge in [0.05, 0.1) is 23.7 Å². The molecule has 0 aliphatic carbocycles. The normalized spacial score (nSPS) is 10.7. The van der Waals surface area contributed by atoms with E-state index in [0.29, 0.717) is 29.3 Å². The standard InChI is InChI=1S/C18H14N4O3/c23-18(20-17-10-16(25-22-17)15-7-4-8-24-15)13-11-19-21-14(13)9-12-5-2-1-3-6-12/h1-8,10-11H,9H2,(H,19,21)(H,20,22,23). The maximum Gasteiger partial charge on any atom is 0.260 e. The van der Waals surface area contributed by atoms with E-state index in [4.69, 9.17) is 8.94 Å². The van der Waals surface area contributed by atoms with Crippen LogP contribution in [0.25, 0.3) is 11.5 Å². The van der Waals surface area contributed by atoms with Crippen molar-refractivity contribution in [3.8, 4) is 11.5 Å². The monoisotopic (exact) mass is 334 g/mol. The zero-order valence-electron chi connectivity index (χ0n) is 13.1. The number of aromatic nitrogens is 3. The summed E-state index contributed by atoms with van der Waals surface area (Å²) in [5.74, 6) is 0.986. The van der Waals surface area contributed by atoms with Crippen molar-refractivity contribution in [3.63, 3.8) is 0 Å². The lowest BCUT2D eigenvalue weighted by atomic mass is 10.1. The number of amides is 1. The van der Waals surface area contributed by atoms with Gasteiger partial charge in [0.1, 0.15) is 0 Å². The second kappa shape index (κ2) is 6.48. The molecule has 7 nitrogen and oxygen atoms in total. The van der Waals surface area contributed by atoms with Crippen molar-refractivity contribution < 1.29 is 13.7 Å². The number of nitrogens with zero attached hydrogens (tertiary/aromatic N) is 2. The maximum atomic E-state index is 12.5. The molecule has 0 spiro atoms. The summed E-state index contributed by atoms with van der Waals surface area (Å²) in [5.41, 5.74) is 2.28. The van der Waals surface area contributed by atoms with Gasteiger partial charge in [-0.2, -0.15) is 5.10 Å². The van der Waals surface area contributed by atoms with Crippen LogP contribution in [-0.4, -0.2) is 21.3 Å². The highest BCUT2D eigenvalue weighted by Gasteiger charge is 2.17. The fourth-order valence-corrected chi connectivity index (χ4v) is 2.50. The summed E-state index contributed by atoms with van der Waals surface area (Å²) in [6.45, 7) is 0. The van der Waals surface area contributed by atoms with Gasteiger partial charge in [-0.3, -0.25) is 9.89 Å². The topological polar surface area (TPSA) is 97.0 Å². The highest BCUT2D eigenvalue weighted by Crippen LogP contribution is 2.23. The molecule has 4 rings (SSSR count). The molecule has 0 atom stereocenters. The molecule has 4 aromatic rings. The van der Waals surface area contributed by atoms with Crippen molar-refractivity contribution >= 4 is 11.7 Å². The van der Waals surface area contributed by atoms with Gasteiger partial charge in [0, 0.05) is 12.5 Å². The summed E-state index contributed by atoms with van der Waals surface area (Å²) in [4.78, 5) is 12.5. The number of carbonyl (C=O) groups is 1. The summed E-state index contributed by atoms with van der Waals surface area (Å²) in [5, 5.41) is 13.4. The molecule has 1 amide bonds. The van der Waals surface area contributed by atoms with Crippen molar-refractivity contribution in [2.45, 2.75) is 6.42 Å². The Bertz CT molecular complexity index is 971. The Kier molecular flexibility index (Phi) is 3.88. The van der Waals surface area contributed by atoms with Gasteiger partial charge >= 0.3 is 0 Å². The predicted molar refractivity (Wildman–Crippen MR) is 90.0 cm³/mol. The second-order valence-corrected chi connectivity index (χ2v) is 5.43. The van der Waals surface area contributed by atoms with Crippen LogP contribution in [0.15, 0.2) is 69.9 Å². The summed E-state index contributed by atoms with van der Waals surface area (Å²) in [7, 11) is 0. The van der Waals surface area contributed by atoms with E-state index < -0.39 is 0 Å². The quantitative estimate of drug-likeness (QED) is 0.582. The van der Waals surface area contributed by atoms with E-state index in [2.05, 4.69) is 20.7 Å². The first-order chi connectivity index (χ1) is 12.3. The molecular formula is C18H14N4O3. The van der Waals surface area contributed by atoms with E-state index in [1.807, 2.05) is 30.3 Å². The third kappa shape index (κ3) is 3.20. The maximum absolute atomic E-state index is 12.5. The Hall–Kier alpha value is -3.61. The van der Waals surface area contributed by atoms with E-state index in [9.17, 15) is 4.79 Å². The van der Waals surface area contributed by atoms with Crippen molar-refractivity contribution in [1.29, 1.82) is 0 Å². The summed E-state index contributed by atoms with van der Waals surface area (Å²) in [6, 6.07) is 15.0. The zero-order valence-corrected chi connectivity index (χ0v) is 13.1. The number of hydrogen-bond donors (Lipinski definition) is 2. The predicted octanol–water partition coefficient (Wildman–Crippen LogP) is 3.50. The number of benzene rings is 1. The number of nitrogens with one attached hydrogen (secondary N) is 2. The molecule has 0 saturated carbocycles. The van der Waals surface area contributed by atoms with Crippen LogP contribution in [0.2, 0.25) is 0 Å². The molecule has 0 aliphatic heterocycles. The van der Waals surface area contributed by atoms with E-state index >= 15 is 0 Å². The van der Waals surface area contributed by atoms with Gasteiger partial charge in [0.25, 0.3) is 5.91 Å².